The van der Waals surface area contributed by atoms with Crippen molar-refractivity contribution in [1.82, 2.24) is 10.2 Å². The van der Waals surface area contributed by atoms with Crippen molar-refractivity contribution in [2.24, 2.45) is 0 Å². The summed E-state index contributed by atoms with van der Waals surface area (Å²) in [6.45, 7) is 2.90. The van der Waals surface area contributed by atoms with E-state index < -0.39 is 0 Å². The van der Waals surface area contributed by atoms with Gasteiger partial charge in [-0.15, -0.1) is 0 Å². The quantitative estimate of drug-likeness (QED) is 0.562. The van der Waals surface area contributed by atoms with Gasteiger partial charge < -0.3 is 5.32 Å². The topological polar surface area (TPSA) is 32.3 Å². The maximum Gasteiger partial charge on any atom is 0.221 e. The summed E-state index contributed by atoms with van der Waals surface area (Å²) in [5, 5.41) is 2.85. The molecule has 1 amide bonds. The molecule has 0 aromatic heterocycles. The van der Waals surface area contributed by atoms with E-state index in [1.54, 1.807) is 0 Å². The summed E-state index contributed by atoms with van der Waals surface area (Å²) in [5.74, 6) is 0.207. The van der Waals surface area contributed by atoms with Crippen LogP contribution < -0.4 is 5.32 Å². The molecule has 3 heteroatoms. The molecule has 0 radical (unpaired) electrons. The van der Waals surface area contributed by atoms with E-state index in [-0.39, 0.29) is 5.91 Å². The fourth-order valence-corrected chi connectivity index (χ4v) is 1.87. The fourth-order valence-electron chi connectivity index (χ4n) is 1.87. The van der Waals surface area contributed by atoms with E-state index >= 15 is 0 Å². The Morgan fingerprint density at radius 1 is 1.42 bits per heavy atom. The van der Waals surface area contributed by atoms with Crippen LogP contribution in [0.25, 0.3) is 0 Å². The SMILES string of the molecule is O=C1C[C@@H](N2CC=CC2)CCN1. The normalized spacial score (nSPS) is 30.7. The highest BCUT2D eigenvalue weighted by Crippen LogP contribution is 2.14. The number of carbonyl (C=O) groups is 1. The minimum atomic E-state index is 0.207. The van der Waals surface area contributed by atoms with Gasteiger partial charge in [-0.3, -0.25) is 9.69 Å². The van der Waals surface area contributed by atoms with Gasteiger partial charge in [0.1, 0.15) is 0 Å². The Morgan fingerprint density at radius 2 is 2.17 bits per heavy atom. The monoisotopic (exact) mass is 166 g/mol. The molecule has 1 fully saturated rings. The maximum atomic E-state index is 11.1. The van der Waals surface area contributed by atoms with Gasteiger partial charge in [0.25, 0.3) is 0 Å². The summed E-state index contributed by atoms with van der Waals surface area (Å²) in [7, 11) is 0. The highest BCUT2D eigenvalue weighted by atomic mass is 16.1. The zero-order valence-electron chi connectivity index (χ0n) is 7.12. The third-order valence-corrected chi connectivity index (χ3v) is 2.58. The van der Waals surface area contributed by atoms with Crippen LogP contribution in [0.15, 0.2) is 12.2 Å². The molecule has 0 aromatic rings. The molecule has 0 saturated carbocycles. The van der Waals surface area contributed by atoms with Crippen LogP contribution in [0.2, 0.25) is 0 Å². The van der Waals surface area contributed by atoms with E-state index in [9.17, 15) is 4.79 Å². The molecular formula is C9H14N2O. The van der Waals surface area contributed by atoms with Gasteiger partial charge in [0.2, 0.25) is 5.91 Å². The first-order valence-electron chi connectivity index (χ1n) is 4.52. The lowest BCUT2D eigenvalue weighted by Gasteiger charge is -2.30. The fraction of sp³-hybridized carbons (Fsp3) is 0.667. The summed E-state index contributed by atoms with van der Waals surface area (Å²) in [5.41, 5.74) is 0. The summed E-state index contributed by atoms with van der Waals surface area (Å²) in [4.78, 5) is 13.4. The number of piperidine rings is 1. The predicted molar refractivity (Wildman–Crippen MR) is 46.7 cm³/mol. The van der Waals surface area contributed by atoms with Crippen LogP contribution in [0, 0.1) is 0 Å². The molecule has 1 atom stereocenters. The number of rotatable bonds is 1. The van der Waals surface area contributed by atoms with Gasteiger partial charge in [-0.05, 0) is 6.42 Å². The average molecular weight is 166 g/mol. The summed E-state index contributed by atoms with van der Waals surface area (Å²) < 4.78 is 0. The van der Waals surface area contributed by atoms with Gasteiger partial charge in [0.05, 0.1) is 0 Å². The van der Waals surface area contributed by atoms with E-state index in [1.165, 1.54) is 0 Å². The van der Waals surface area contributed by atoms with Crippen molar-refractivity contribution in [2.45, 2.75) is 18.9 Å². The molecule has 66 valence electrons. The Bertz CT molecular complexity index is 205. The minimum absolute atomic E-state index is 0.207. The van der Waals surface area contributed by atoms with Gasteiger partial charge in [-0.25, -0.2) is 0 Å². The Balaban J connectivity index is 1.90. The number of hydrogen-bond donors (Lipinski definition) is 1. The lowest BCUT2D eigenvalue weighted by Crippen LogP contribution is -2.44. The Labute approximate surface area is 72.4 Å². The van der Waals surface area contributed by atoms with Crippen LogP contribution in [0.1, 0.15) is 12.8 Å². The van der Waals surface area contributed by atoms with Crippen LogP contribution in [0.5, 0.6) is 0 Å². The molecule has 2 aliphatic heterocycles. The Morgan fingerprint density at radius 3 is 2.83 bits per heavy atom. The van der Waals surface area contributed by atoms with Crippen molar-refractivity contribution in [3.8, 4) is 0 Å². The van der Waals surface area contributed by atoms with Crippen molar-refractivity contribution in [2.75, 3.05) is 19.6 Å². The molecule has 0 unspecified atom stereocenters. The Hall–Kier alpha value is -0.830. The largest absolute Gasteiger partial charge is 0.356 e. The van der Waals surface area contributed by atoms with Crippen LogP contribution in [0.4, 0.5) is 0 Å². The van der Waals surface area contributed by atoms with Crippen LogP contribution in [-0.4, -0.2) is 36.5 Å². The van der Waals surface area contributed by atoms with E-state index in [0.717, 1.165) is 26.1 Å². The highest BCUT2D eigenvalue weighted by Gasteiger charge is 2.24. The van der Waals surface area contributed by atoms with Crippen LogP contribution >= 0.6 is 0 Å². The van der Waals surface area contributed by atoms with Gasteiger partial charge in [0, 0.05) is 32.1 Å². The van der Waals surface area contributed by atoms with Crippen LogP contribution in [0.3, 0.4) is 0 Å². The second-order valence-corrected chi connectivity index (χ2v) is 3.42. The zero-order chi connectivity index (χ0) is 8.39. The van der Waals surface area contributed by atoms with Crippen LogP contribution in [-0.2, 0) is 4.79 Å². The molecule has 2 heterocycles. The first kappa shape index (κ1) is 7.80. The van der Waals surface area contributed by atoms with Gasteiger partial charge in [-0.2, -0.15) is 0 Å². The molecule has 2 rings (SSSR count). The smallest absolute Gasteiger partial charge is 0.221 e. The average Bonchev–Trinajstić information content (AvgIpc) is 2.56. The highest BCUT2D eigenvalue weighted by molar-refractivity contribution is 5.77. The number of amides is 1. The standard InChI is InChI=1S/C9H14N2O/c12-9-7-8(3-4-10-9)11-5-1-2-6-11/h1-2,8H,3-7H2,(H,10,12)/t8-/m0/s1. The van der Waals surface area contributed by atoms with Gasteiger partial charge in [0.15, 0.2) is 0 Å². The van der Waals surface area contributed by atoms with Gasteiger partial charge >= 0.3 is 0 Å². The lowest BCUT2D eigenvalue weighted by molar-refractivity contribution is -0.123. The molecule has 1 N–H and O–H groups in total. The van der Waals surface area contributed by atoms with Gasteiger partial charge in [-0.1, -0.05) is 12.2 Å². The number of nitrogens with one attached hydrogen (secondary N) is 1. The first-order chi connectivity index (χ1) is 5.86. The minimum Gasteiger partial charge on any atom is -0.356 e. The molecule has 0 aliphatic carbocycles. The molecule has 1 saturated heterocycles. The number of nitrogens with zero attached hydrogens (tertiary/aromatic N) is 1. The molecule has 0 aromatic carbocycles. The molecule has 0 bridgehead atoms. The van der Waals surface area contributed by atoms with Crippen molar-refractivity contribution in [3.63, 3.8) is 0 Å². The summed E-state index contributed by atoms with van der Waals surface area (Å²) in [6.07, 6.45) is 6.13. The van der Waals surface area contributed by atoms with E-state index in [4.69, 9.17) is 0 Å². The third kappa shape index (κ3) is 1.50. The first-order valence-corrected chi connectivity index (χ1v) is 4.52. The molecule has 12 heavy (non-hydrogen) atoms. The van der Waals surface area contributed by atoms with E-state index in [0.29, 0.717) is 12.5 Å². The second-order valence-electron chi connectivity index (χ2n) is 3.42. The molecule has 2 aliphatic rings. The third-order valence-electron chi connectivity index (χ3n) is 2.58. The number of hydrogen-bond acceptors (Lipinski definition) is 2. The maximum absolute atomic E-state index is 11.1. The van der Waals surface area contributed by atoms with Crippen molar-refractivity contribution in [1.29, 1.82) is 0 Å². The van der Waals surface area contributed by atoms with Crippen molar-refractivity contribution >= 4 is 5.91 Å². The zero-order valence-corrected chi connectivity index (χ0v) is 7.12. The van der Waals surface area contributed by atoms with E-state index in [1.807, 2.05) is 0 Å². The summed E-state index contributed by atoms with van der Waals surface area (Å²) >= 11 is 0. The molecular weight excluding hydrogens is 152 g/mol. The number of carbonyl (C=O) groups excluding carboxylic acids is 1. The lowest BCUT2D eigenvalue weighted by atomic mass is 10.0. The predicted octanol–water partition coefficient (Wildman–Crippen LogP) is 0.137. The van der Waals surface area contributed by atoms with E-state index in [2.05, 4.69) is 22.4 Å². The van der Waals surface area contributed by atoms with Crippen molar-refractivity contribution < 1.29 is 4.79 Å². The second kappa shape index (κ2) is 3.27. The Kier molecular flexibility index (Phi) is 2.13. The molecule has 0 spiro atoms. The summed E-state index contributed by atoms with van der Waals surface area (Å²) in [6, 6.07) is 0.480. The van der Waals surface area contributed by atoms with Crippen molar-refractivity contribution in [3.05, 3.63) is 12.2 Å². The molecule has 3 nitrogen and oxygen atoms in total.